The molecule has 45 heavy (non-hydrogen) atoms. The van der Waals surface area contributed by atoms with E-state index >= 15 is 0 Å². The van der Waals surface area contributed by atoms with E-state index in [2.05, 4.69) is 0 Å². The third-order valence-electron chi connectivity index (χ3n) is 7.28. The number of carbonyl (C=O) groups is 1. The second-order valence-electron chi connectivity index (χ2n) is 9.90. The average Bonchev–Trinajstić information content (AvgIpc) is 3.05. The fraction of sp³-hybridized carbons (Fsp3) is 0.0857. The van der Waals surface area contributed by atoms with Crippen molar-refractivity contribution < 1.29 is 77.0 Å². The minimum Gasteiger partial charge on any atom is -0.506 e. The first kappa shape index (κ1) is 34.5. The Bertz CT molecular complexity index is 1960. The van der Waals surface area contributed by atoms with Gasteiger partial charge in [0.15, 0.2) is 7.14 Å². The van der Waals surface area contributed by atoms with Gasteiger partial charge in [-0.3, -0.25) is 9.59 Å². The van der Waals surface area contributed by atoms with Crippen molar-refractivity contribution in [1.82, 2.24) is 4.57 Å². The van der Waals surface area contributed by atoms with Crippen molar-refractivity contribution >= 4 is 50.5 Å². The first-order valence-corrected chi connectivity index (χ1v) is 15.4. The van der Waals surface area contributed by atoms with Gasteiger partial charge in [0, 0.05) is 82.6 Å². The maximum atomic E-state index is 13.8. The van der Waals surface area contributed by atoms with Crippen LogP contribution in [-0.2, 0) is 11.1 Å². The number of hydrogen-bond donors (Lipinski definition) is 1. The fourth-order valence-electron chi connectivity index (χ4n) is 5.22. The first-order chi connectivity index (χ1) is 21.1. The number of alkyl halides is 3. The van der Waals surface area contributed by atoms with Crippen LogP contribution in [0.3, 0.4) is 0 Å². The van der Waals surface area contributed by atoms with Crippen LogP contribution in [0.1, 0.15) is 17.3 Å². The average molecular weight is 766 g/mol. The van der Waals surface area contributed by atoms with Gasteiger partial charge in [-0.2, -0.15) is 13.2 Å². The van der Waals surface area contributed by atoms with Crippen molar-refractivity contribution in [2.75, 3.05) is 0 Å². The molecule has 1 heterocycles. The molecule has 6 aromatic rings. The zero-order valence-electron chi connectivity index (χ0n) is 23.9. The molecule has 0 spiro atoms. The molecule has 0 unspecified atom stereocenters. The minimum absolute atomic E-state index is 0. The van der Waals surface area contributed by atoms with Gasteiger partial charge >= 0.3 is 6.18 Å². The van der Waals surface area contributed by atoms with E-state index in [9.17, 15) is 32.4 Å². The Hall–Kier alpha value is -3.36. The van der Waals surface area contributed by atoms with Crippen LogP contribution in [0.15, 0.2) is 132 Å². The molecule has 0 aliphatic rings. The monoisotopic (exact) mass is 766 g/mol. The number of ketones is 1. The number of aromatic nitrogens is 1. The molecule has 0 aliphatic heterocycles. The molecule has 1 radical (unpaired) electrons. The summed E-state index contributed by atoms with van der Waals surface area (Å²) in [5.41, 5.74) is -2.09. The topological polar surface area (TPSA) is 76.4 Å². The molecule has 1 N–H and O–H groups in total. The zero-order valence-corrected chi connectivity index (χ0v) is 27.2. The maximum absolute atomic E-state index is 13.8. The van der Waals surface area contributed by atoms with E-state index in [4.69, 9.17) is 0 Å². The van der Waals surface area contributed by atoms with Crippen LogP contribution in [0.5, 0.6) is 5.75 Å². The smallest absolute Gasteiger partial charge is 0.455 e. The first-order valence-electron chi connectivity index (χ1n) is 13.7. The Morgan fingerprint density at radius 1 is 0.711 bits per heavy atom. The maximum Gasteiger partial charge on any atom is 0.455 e. The molecule has 0 amide bonds. The second-order valence-corrected chi connectivity index (χ2v) is 12.7. The molecule has 0 aliphatic carbocycles. The zero-order chi connectivity index (χ0) is 31.5. The Balaban J connectivity index is 0.000000203. The predicted octanol–water partition coefficient (Wildman–Crippen LogP) is 6.95. The van der Waals surface area contributed by atoms with Gasteiger partial charge < -0.3 is 14.2 Å². The van der Waals surface area contributed by atoms with Gasteiger partial charge in [-0.05, 0) is 18.4 Å². The third-order valence-corrected chi connectivity index (χ3v) is 10.4. The molecule has 10 heteroatoms. The molecule has 0 atom stereocenters. The van der Waals surface area contributed by atoms with Crippen LogP contribution in [0, 0.1) is 49.4 Å². The number of Topliss-reactive ketones (excluding diaryl/α,β-unsaturated/α-hetero) is 1. The summed E-state index contributed by atoms with van der Waals surface area (Å²) in [5.74, 6) is -3.28. The van der Waals surface area contributed by atoms with Crippen LogP contribution in [-0.4, -0.2) is 21.6 Å². The van der Waals surface area contributed by atoms with Crippen LogP contribution in [0.2, 0.25) is 0 Å². The number of aromatic hydroxyl groups is 1. The molecule has 5 aromatic carbocycles. The van der Waals surface area contributed by atoms with E-state index in [1.807, 2.05) is 91.0 Å². The quantitative estimate of drug-likeness (QED) is 0.117. The Morgan fingerprint density at radius 2 is 1.16 bits per heavy atom. The summed E-state index contributed by atoms with van der Waals surface area (Å²) in [6, 6.07) is 39.2. The molecule has 0 saturated carbocycles. The number of halogens is 3. The molecular weight excluding hydrogens is 738 g/mol. The second kappa shape index (κ2) is 14.4. The van der Waals surface area contributed by atoms with Gasteiger partial charge in [0.2, 0.25) is 0 Å². The van der Waals surface area contributed by atoms with Crippen LogP contribution in [0.25, 0.3) is 21.7 Å². The number of fused-ring (bicyclic) bond motifs is 3. The number of pyridine rings is 1. The number of hydrogen-bond acceptors (Lipinski definition) is 4. The van der Waals surface area contributed by atoms with Crippen LogP contribution < -0.4 is 21.5 Å². The van der Waals surface area contributed by atoms with E-state index in [0.29, 0.717) is 10.9 Å². The largest absolute Gasteiger partial charge is 0.506 e. The molecule has 0 fully saturated rings. The standard InChI is InChI=1S/C18H15OP.C17H12F3NO3.Eu/c19-20(16-10-4-1-5-11-16,17-12-6-2-7-13-17)18-14-8-3-9-15-18;1-2-21-13-10-6-4-3-5-9(10)7-8-11(13)14(22)12(16(21)24)15(23)17(18,19)20;/h1-15H;3-8,22H,2H2,1H3;. The Morgan fingerprint density at radius 3 is 1.60 bits per heavy atom. The summed E-state index contributed by atoms with van der Waals surface area (Å²) in [5, 5.41) is 14.2. The van der Waals surface area contributed by atoms with E-state index < -0.39 is 36.0 Å². The number of carbonyl (C=O) groups excluding carboxylic acids is 1. The summed E-state index contributed by atoms with van der Waals surface area (Å²) >= 11 is 0. The van der Waals surface area contributed by atoms with Gasteiger partial charge in [0.1, 0.15) is 11.3 Å². The summed E-state index contributed by atoms with van der Waals surface area (Å²) in [6.07, 6.45) is -5.24. The fourth-order valence-corrected chi connectivity index (χ4v) is 7.89. The molecule has 5 nitrogen and oxygen atoms in total. The summed E-state index contributed by atoms with van der Waals surface area (Å²) in [6.45, 7) is 1.64. The van der Waals surface area contributed by atoms with Crippen LogP contribution in [0.4, 0.5) is 13.2 Å². The minimum atomic E-state index is -5.24. The number of rotatable bonds is 5. The number of benzene rings is 5. The molecule has 6 rings (SSSR count). The summed E-state index contributed by atoms with van der Waals surface area (Å²) in [4.78, 5) is 24.0. The van der Waals surface area contributed by atoms with Crippen molar-refractivity contribution in [3.63, 3.8) is 0 Å². The predicted molar refractivity (Wildman–Crippen MR) is 169 cm³/mol. The van der Waals surface area contributed by atoms with Crippen molar-refractivity contribution in [1.29, 1.82) is 0 Å². The molecule has 229 valence electrons. The van der Waals surface area contributed by atoms with Gasteiger partial charge in [-0.15, -0.1) is 0 Å². The molecule has 0 bridgehead atoms. The van der Waals surface area contributed by atoms with Crippen molar-refractivity contribution in [2.45, 2.75) is 19.6 Å². The summed E-state index contributed by atoms with van der Waals surface area (Å²) in [7, 11) is -2.78. The number of aryl methyl sites for hydroxylation is 1. The van der Waals surface area contributed by atoms with E-state index in [-0.39, 0.29) is 61.3 Å². The Kier molecular flexibility index (Phi) is 11.0. The van der Waals surface area contributed by atoms with Gasteiger partial charge in [-0.25, -0.2) is 0 Å². The third kappa shape index (κ3) is 6.78. The van der Waals surface area contributed by atoms with E-state index in [1.165, 1.54) is 6.07 Å². The van der Waals surface area contributed by atoms with E-state index in [1.54, 1.807) is 37.3 Å². The van der Waals surface area contributed by atoms with E-state index in [0.717, 1.165) is 25.9 Å². The summed E-state index contributed by atoms with van der Waals surface area (Å²) < 4.78 is 53.2. The number of nitrogens with zero attached hydrogens (tertiary/aromatic N) is 1. The van der Waals surface area contributed by atoms with Crippen LogP contribution >= 0.6 is 7.14 Å². The molecule has 0 saturated heterocycles. The van der Waals surface area contributed by atoms with Crippen molar-refractivity contribution in [3.8, 4) is 5.75 Å². The van der Waals surface area contributed by atoms with Gasteiger partial charge in [0.05, 0.1) is 5.52 Å². The van der Waals surface area contributed by atoms with Crippen molar-refractivity contribution in [2.24, 2.45) is 0 Å². The van der Waals surface area contributed by atoms with Crippen molar-refractivity contribution in [3.05, 3.63) is 143 Å². The Labute approximate surface area is 298 Å². The SMILES string of the molecule is CCn1c(=O)c(C(=O)C(F)(F)F)c(O)c2ccc3ccccc3c21.O=P(c1ccccc1)(c1ccccc1)c1ccccc1.[Eu]. The normalized spacial score (nSPS) is 11.4. The molecular formula is C35H27EuF3NO4P. The molecule has 1 aromatic heterocycles. The van der Waals surface area contributed by atoms with Gasteiger partial charge in [0.25, 0.3) is 11.3 Å². The van der Waals surface area contributed by atoms with Gasteiger partial charge in [-0.1, -0.05) is 121 Å².